The van der Waals surface area contributed by atoms with Crippen LogP contribution in [-0.2, 0) is 0 Å². The Kier molecular flexibility index (Phi) is 1.40. The van der Waals surface area contributed by atoms with Crippen LogP contribution >= 0.6 is 0 Å². The molecule has 1 N–H and O–H groups in total. The van der Waals surface area contributed by atoms with Crippen LogP contribution in [0.3, 0.4) is 0 Å². The summed E-state index contributed by atoms with van der Waals surface area (Å²) < 4.78 is 0. The van der Waals surface area contributed by atoms with Crippen LogP contribution < -0.4 is 0 Å². The predicted octanol–water partition coefficient (Wildman–Crippen LogP) is 1.39. The molecule has 0 atom stereocenters. The maximum Gasteiger partial charge on any atom is 0.181 e. The Morgan fingerprint density at radius 3 is 3.08 bits per heavy atom. The lowest BCUT2D eigenvalue weighted by atomic mass is 10.3. The van der Waals surface area contributed by atoms with Crippen LogP contribution in [0.1, 0.15) is 12.7 Å². The highest BCUT2D eigenvalue weighted by atomic mass is 15.0. The van der Waals surface area contributed by atoms with Crippen molar-refractivity contribution < 1.29 is 0 Å². The molecule has 0 aliphatic carbocycles. The van der Waals surface area contributed by atoms with Crippen molar-refractivity contribution in [3.63, 3.8) is 0 Å². The van der Waals surface area contributed by atoms with E-state index in [0.29, 0.717) is 11.5 Å². The Balaban J connectivity index is 2.68. The summed E-state index contributed by atoms with van der Waals surface area (Å²) in [4.78, 5) is 15.2. The molecule has 2 aromatic rings. The normalized spacial score (nSPS) is 10.4. The summed E-state index contributed by atoms with van der Waals surface area (Å²) in [5.74, 6) is 0.648. The van der Waals surface area contributed by atoms with E-state index in [2.05, 4.69) is 26.5 Å². The van der Waals surface area contributed by atoms with Gasteiger partial charge in [-0.3, -0.25) is 0 Å². The van der Waals surface area contributed by atoms with E-state index in [0.717, 1.165) is 11.1 Å². The molecular formula is C8H8N4. The second-order valence-electron chi connectivity index (χ2n) is 2.61. The number of hydrogen-bond acceptors (Lipinski definition) is 3. The first-order valence-electron chi connectivity index (χ1n) is 3.59. The smallest absolute Gasteiger partial charge is 0.181 e. The summed E-state index contributed by atoms with van der Waals surface area (Å²) in [6.07, 6.45) is 3.31. The minimum absolute atomic E-state index is 0.648. The number of aromatic nitrogens is 4. The van der Waals surface area contributed by atoms with Gasteiger partial charge in [0.25, 0.3) is 0 Å². The molecule has 0 aliphatic rings. The van der Waals surface area contributed by atoms with Gasteiger partial charge in [-0.15, -0.1) is 0 Å². The number of aromatic amines is 1. The molecule has 0 fully saturated rings. The van der Waals surface area contributed by atoms with Crippen molar-refractivity contribution in [3.8, 4) is 0 Å². The Hall–Kier alpha value is -1.71. The Bertz CT molecular complexity index is 429. The van der Waals surface area contributed by atoms with Crippen molar-refractivity contribution in [2.45, 2.75) is 6.92 Å². The zero-order valence-corrected chi connectivity index (χ0v) is 6.70. The lowest BCUT2D eigenvalue weighted by Crippen LogP contribution is -1.90. The average molecular weight is 160 g/mol. The first-order valence-corrected chi connectivity index (χ1v) is 3.59. The molecule has 60 valence electrons. The molecule has 4 nitrogen and oxygen atoms in total. The quantitative estimate of drug-likeness (QED) is 0.685. The van der Waals surface area contributed by atoms with Crippen molar-refractivity contribution in [1.82, 2.24) is 19.9 Å². The van der Waals surface area contributed by atoms with Crippen LogP contribution in [0.4, 0.5) is 0 Å². The van der Waals surface area contributed by atoms with Crippen LogP contribution in [0.2, 0.25) is 0 Å². The van der Waals surface area contributed by atoms with Crippen LogP contribution in [0.15, 0.2) is 19.1 Å². The number of rotatable bonds is 1. The molecule has 0 saturated carbocycles. The number of fused-ring (bicyclic) bond motifs is 1. The summed E-state index contributed by atoms with van der Waals surface area (Å²) in [5, 5.41) is 0. The fourth-order valence-electron chi connectivity index (χ4n) is 0.942. The van der Waals surface area contributed by atoms with Crippen molar-refractivity contribution in [2.24, 2.45) is 0 Å². The zero-order chi connectivity index (χ0) is 8.55. The van der Waals surface area contributed by atoms with Crippen LogP contribution in [0.25, 0.3) is 16.7 Å². The van der Waals surface area contributed by atoms with Crippen molar-refractivity contribution in [2.75, 3.05) is 0 Å². The number of nitrogens with zero attached hydrogens (tertiary/aromatic N) is 3. The number of H-pyrrole nitrogens is 1. The fourth-order valence-corrected chi connectivity index (χ4v) is 0.942. The van der Waals surface area contributed by atoms with Crippen molar-refractivity contribution in [3.05, 3.63) is 24.9 Å². The van der Waals surface area contributed by atoms with E-state index in [1.807, 2.05) is 6.92 Å². The SMILES string of the molecule is C=C(C)c1ncc2[nH]cnc2n1. The van der Waals surface area contributed by atoms with Crippen molar-refractivity contribution >= 4 is 16.7 Å². The van der Waals surface area contributed by atoms with E-state index >= 15 is 0 Å². The average Bonchev–Trinajstić information content (AvgIpc) is 2.49. The van der Waals surface area contributed by atoms with Gasteiger partial charge in [-0.25, -0.2) is 15.0 Å². The van der Waals surface area contributed by atoms with Gasteiger partial charge in [-0.2, -0.15) is 0 Å². The van der Waals surface area contributed by atoms with Crippen LogP contribution in [0.5, 0.6) is 0 Å². The second-order valence-corrected chi connectivity index (χ2v) is 2.61. The van der Waals surface area contributed by atoms with Gasteiger partial charge in [0.05, 0.1) is 12.5 Å². The van der Waals surface area contributed by atoms with Crippen LogP contribution in [-0.4, -0.2) is 19.9 Å². The fraction of sp³-hybridized carbons (Fsp3) is 0.125. The predicted molar refractivity (Wildman–Crippen MR) is 46.4 cm³/mol. The summed E-state index contributed by atoms with van der Waals surface area (Å²) in [6, 6.07) is 0. The standard InChI is InChI=1S/C8H8N4/c1-5(2)7-9-3-6-8(12-7)11-4-10-6/h3-4H,1H2,2H3,(H,9,10,11,12). The van der Waals surface area contributed by atoms with E-state index in [1.54, 1.807) is 12.5 Å². The minimum Gasteiger partial charge on any atom is -0.342 e. The summed E-state index contributed by atoms with van der Waals surface area (Å²) >= 11 is 0. The highest BCUT2D eigenvalue weighted by Crippen LogP contribution is 2.08. The third-order valence-corrected chi connectivity index (χ3v) is 1.56. The van der Waals surface area contributed by atoms with Gasteiger partial charge in [-0.1, -0.05) is 6.58 Å². The largest absolute Gasteiger partial charge is 0.342 e. The molecule has 0 unspecified atom stereocenters. The molecule has 2 aromatic heterocycles. The van der Waals surface area contributed by atoms with Gasteiger partial charge in [0, 0.05) is 0 Å². The molecule has 0 radical (unpaired) electrons. The van der Waals surface area contributed by atoms with E-state index in [1.165, 1.54) is 0 Å². The molecule has 2 rings (SSSR count). The Morgan fingerprint density at radius 1 is 1.50 bits per heavy atom. The van der Waals surface area contributed by atoms with Crippen molar-refractivity contribution in [1.29, 1.82) is 0 Å². The molecule has 2 heterocycles. The third-order valence-electron chi connectivity index (χ3n) is 1.56. The van der Waals surface area contributed by atoms with E-state index < -0.39 is 0 Å². The Labute approximate surface area is 69.4 Å². The molecule has 0 aromatic carbocycles. The topological polar surface area (TPSA) is 54.5 Å². The third kappa shape index (κ3) is 0.972. The number of nitrogens with one attached hydrogen (secondary N) is 1. The lowest BCUT2D eigenvalue weighted by molar-refractivity contribution is 1.14. The van der Waals surface area contributed by atoms with Gasteiger partial charge in [0.15, 0.2) is 11.5 Å². The molecule has 0 bridgehead atoms. The van der Waals surface area contributed by atoms with E-state index in [4.69, 9.17) is 0 Å². The highest BCUT2D eigenvalue weighted by molar-refractivity contribution is 5.70. The Morgan fingerprint density at radius 2 is 2.33 bits per heavy atom. The number of allylic oxidation sites excluding steroid dienone is 1. The van der Waals surface area contributed by atoms with Gasteiger partial charge in [0.2, 0.25) is 0 Å². The van der Waals surface area contributed by atoms with Gasteiger partial charge < -0.3 is 4.98 Å². The molecular weight excluding hydrogens is 152 g/mol. The molecule has 0 amide bonds. The van der Waals surface area contributed by atoms with Gasteiger partial charge in [-0.05, 0) is 12.5 Å². The van der Waals surface area contributed by atoms with Gasteiger partial charge >= 0.3 is 0 Å². The molecule has 4 heteroatoms. The first-order chi connectivity index (χ1) is 5.77. The maximum atomic E-state index is 4.18. The number of imidazole rings is 1. The second kappa shape index (κ2) is 2.41. The van der Waals surface area contributed by atoms with E-state index in [9.17, 15) is 0 Å². The van der Waals surface area contributed by atoms with Crippen LogP contribution in [0, 0.1) is 0 Å². The molecule has 12 heavy (non-hydrogen) atoms. The monoisotopic (exact) mass is 160 g/mol. The maximum absolute atomic E-state index is 4.18. The minimum atomic E-state index is 0.648. The summed E-state index contributed by atoms with van der Waals surface area (Å²) in [6.45, 7) is 5.62. The summed E-state index contributed by atoms with van der Waals surface area (Å²) in [7, 11) is 0. The van der Waals surface area contributed by atoms with Gasteiger partial charge in [0.1, 0.15) is 5.52 Å². The molecule has 0 spiro atoms. The molecule has 0 aliphatic heterocycles. The zero-order valence-electron chi connectivity index (χ0n) is 6.70. The van der Waals surface area contributed by atoms with E-state index in [-0.39, 0.29) is 0 Å². The number of hydrogen-bond donors (Lipinski definition) is 1. The highest BCUT2D eigenvalue weighted by Gasteiger charge is 2.00. The molecule has 0 saturated heterocycles. The first kappa shape index (κ1) is 6.97. The lowest BCUT2D eigenvalue weighted by Gasteiger charge is -1.95. The summed E-state index contributed by atoms with van der Waals surface area (Å²) in [5.41, 5.74) is 2.38.